The molecular formula is C19H20N4O2. The highest BCUT2D eigenvalue weighted by atomic mass is 16.3. The third-order valence-electron chi connectivity index (χ3n) is 4.03. The lowest BCUT2D eigenvalue weighted by Crippen LogP contribution is -2.42. The van der Waals surface area contributed by atoms with Gasteiger partial charge in [-0.25, -0.2) is 0 Å². The van der Waals surface area contributed by atoms with Gasteiger partial charge in [0.25, 0.3) is 5.91 Å². The molecule has 1 aromatic heterocycles. The second kappa shape index (κ2) is 7.72. The molecule has 2 aromatic carbocycles. The fourth-order valence-corrected chi connectivity index (χ4v) is 2.59. The molecule has 0 aliphatic heterocycles. The largest absolute Gasteiger partial charge is 0.391 e. The summed E-state index contributed by atoms with van der Waals surface area (Å²) in [6.07, 6.45) is -0.231. The summed E-state index contributed by atoms with van der Waals surface area (Å²) in [7, 11) is 0. The van der Waals surface area contributed by atoms with Crippen LogP contribution in [0.15, 0.2) is 60.7 Å². The van der Waals surface area contributed by atoms with E-state index in [1.54, 1.807) is 6.92 Å². The van der Waals surface area contributed by atoms with Crippen molar-refractivity contribution in [3.8, 4) is 11.3 Å². The second-order valence-corrected chi connectivity index (χ2v) is 5.91. The van der Waals surface area contributed by atoms with Crippen LogP contribution in [0.5, 0.6) is 0 Å². The number of aliphatic hydroxyl groups excluding tert-OH is 1. The summed E-state index contributed by atoms with van der Waals surface area (Å²) in [6, 6.07) is 18.6. The number of rotatable bonds is 6. The van der Waals surface area contributed by atoms with Gasteiger partial charge in [-0.1, -0.05) is 60.7 Å². The summed E-state index contributed by atoms with van der Waals surface area (Å²) in [5.74, 6) is -0.368. The fourth-order valence-electron chi connectivity index (χ4n) is 2.59. The summed E-state index contributed by atoms with van der Waals surface area (Å²) in [6.45, 7) is 1.77. The molecule has 0 saturated carbocycles. The molecule has 3 N–H and O–H groups in total. The molecule has 25 heavy (non-hydrogen) atoms. The minimum Gasteiger partial charge on any atom is -0.391 e. The van der Waals surface area contributed by atoms with Gasteiger partial charge >= 0.3 is 0 Å². The molecule has 0 saturated heterocycles. The molecule has 0 bridgehead atoms. The average Bonchev–Trinajstić information content (AvgIpc) is 3.13. The lowest BCUT2D eigenvalue weighted by atomic mass is 10.0. The predicted molar refractivity (Wildman–Crippen MR) is 94.9 cm³/mol. The van der Waals surface area contributed by atoms with E-state index in [4.69, 9.17) is 0 Å². The number of aliphatic hydroxyl groups is 1. The zero-order chi connectivity index (χ0) is 17.6. The van der Waals surface area contributed by atoms with E-state index in [2.05, 4.69) is 20.7 Å². The van der Waals surface area contributed by atoms with Gasteiger partial charge in [-0.3, -0.25) is 4.79 Å². The molecule has 6 nitrogen and oxygen atoms in total. The number of benzene rings is 2. The van der Waals surface area contributed by atoms with Crippen LogP contribution in [0.3, 0.4) is 0 Å². The highest BCUT2D eigenvalue weighted by molar-refractivity contribution is 5.98. The zero-order valence-electron chi connectivity index (χ0n) is 13.9. The summed E-state index contributed by atoms with van der Waals surface area (Å²) in [5.41, 5.74) is 2.52. The van der Waals surface area contributed by atoms with Crippen LogP contribution < -0.4 is 5.32 Å². The molecule has 0 spiro atoms. The highest BCUT2D eigenvalue weighted by Crippen LogP contribution is 2.19. The van der Waals surface area contributed by atoms with Crippen molar-refractivity contribution in [3.63, 3.8) is 0 Å². The minimum atomic E-state index is -0.696. The first-order valence-corrected chi connectivity index (χ1v) is 8.14. The number of H-pyrrole nitrogens is 1. The van der Waals surface area contributed by atoms with E-state index in [1.165, 1.54) is 0 Å². The number of carbonyl (C=O) groups is 1. The van der Waals surface area contributed by atoms with Gasteiger partial charge in [0.05, 0.1) is 12.1 Å². The molecule has 0 fully saturated rings. The van der Waals surface area contributed by atoms with Crippen molar-refractivity contribution in [2.24, 2.45) is 0 Å². The van der Waals surface area contributed by atoms with Gasteiger partial charge in [0.2, 0.25) is 0 Å². The van der Waals surface area contributed by atoms with Crippen molar-refractivity contribution < 1.29 is 9.90 Å². The van der Waals surface area contributed by atoms with Gasteiger partial charge in [0, 0.05) is 12.0 Å². The number of hydrogen-bond donors (Lipinski definition) is 3. The summed E-state index contributed by atoms with van der Waals surface area (Å²) in [4.78, 5) is 12.5. The molecule has 1 amide bonds. The summed E-state index contributed by atoms with van der Waals surface area (Å²) >= 11 is 0. The van der Waals surface area contributed by atoms with Gasteiger partial charge in [0.1, 0.15) is 5.69 Å². The molecule has 0 aliphatic carbocycles. The molecule has 3 rings (SSSR count). The number of aromatic amines is 1. The molecule has 1 heterocycles. The zero-order valence-corrected chi connectivity index (χ0v) is 13.9. The molecule has 0 aliphatic rings. The number of amides is 1. The Hall–Kier alpha value is -2.99. The predicted octanol–water partition coefficient (Wildman–Crippen LogP) is 2.19. The highest BCUT2D eigenvalue weighted by Gasteiger charge is 2.22. The monoisotopic (exact) mass is 336 g/mol. The summed E-state index contributed by atoms with van der Waals surface area (Å²) < 4.78 is 0. The quantitative estimate of drug-likeness (QED) is 0.643. The van der Waals surface area contributed by atoms with Gasteiger partial charge in [0.15, 0.2) is 5.69 Å². The van der Waals surface area contributed by atoms with E-state index in [9.17, 15) is 9.90 Å². The normalized spacial score (nSPS) is 13.2. The maximum atomic E-state index is 12.5. The van der Waals surface area contributed by atoms with Gasteiger partial charge in [-0.05, 0) is 12.5 Å². The van der Waals surface area contributed by atoms with Crippen molar-refractivity contribution in [2.45, 2.75) is 25.5 Å². The Morgan fingerprint density at radius 3 is 2.40 bits per heavy atom. The Kier molecular flexibility index (Phi) is 5.20. The average molecular weight is 336 g/mol. The Morgan fingerprint density at radius 1 is 1.08 bits per heavy atom. The Labute approximate surface area is 145 Å². The van der Waals surface area contributed by atoms with Gasteiger partial charge in [-0.15, -0.1) is 0 Å². The van der Waals surface area contributed by atoms with Crippen molar-refractivity contribution in [1.29, 1.82) is 0 Å². The number of hydrogen-bond acceptors (Lipinski definition) is 4. The first-order valence-electron chi connectivity index (χ1n) is 8.14. The van der Waals surface area contributed by atoms with Crippen molar-refractivity contribution in [3.05, 3.63) is 71.9 Å². The Balaban J connectivity index is 1.67. The number of aromatic nitrogens is 3. The van der Waals surface area contributed by atoms with Crippen molar-refractivity contribution in [1.82, 2.24) is 20.7 Å². The van der Waals surface area contributed by atoms with Gasteiger partial charge in [-0.2, -0.15) is 15.4 Å². The van der Waals surface area contributed by atoms with Crippen LogP contribution in [-0.4, -0.2) is 38.6 Å². The molecule has 3 aromatic rings. The van der Waals surface area contributed by atoms with E-state index in [0.717, 1.165) is 11.1 Å². The van der Waals surface area contributed by atoms with E-state index in [0.29, 0.717) is 12.1 Å². The fraction of sp³-hybridized carbons (Fsp3) is 0.211. The topological polar surface area (TPSA) is 90.9 Å². The smallest absolute Gasteiger partial charge is 0.274 e. The van der Waals surface area contributed by atoms with Crippen LogP contribution in [0, 0.1) is 0 Å². The van der Waals surface area contributed by atoms with E-state index >= 15 is 0 Å². The lowest BCUT2D eigenvalue weighted by molar-refractivity contribution is 0.0847. The first-order chi connectivity index (χ1) is 12.1. The molecule has 128 valence electrons. The maximum Gasteiger partial charge on any atom is 0.274 e. The third kappa shape index (κ3) is 4.10. The molecular weight excluding hydrogens is 316 g/mol. The standard InChI is InChI=1S/C19H20N4O2/c1-13(16(24)12-14-8-4-2-5-9-14)20-19(25)18-17(21-23-22-18)15-10-6-3-7-11-15/h2-11,13,16,24H,12H2,1H3,(H,20,25)(H,21,22,23)/t13-,16+/m0/s1. The van der Waals surface area contributed by atoms with E-state index in [-0.39, 0.29) is 11.6 Å². The van der Waals surface area contributed by atoms with Crippen LogP contribution >= 0.6 is 0 Å². The van der Waals surface area contributed by atoms with Crippen LogP contribution in [0.25, 0.3) is 11.3 Å². The number of nitrogens with zero attached hydrogens (tertiary/aromatic N) is 2. The Bertz CT molecular complexity index is 818. The number of carbonyl (C=O) groups excluding carboxylic acids is 1. The van der Waals surface area contributed by atoms with E-state index in [1.807, 2.05) is 60.7 Å². The first kappa shape index (κ1) is 16.9. The SMILES string of the molecule is C[C@H](NC(=O)c1n[nH]nc1-c1ccccc1)[C@H](O)Cc1ccccc1. The van der Waals surface area contributed by atoms with Crippen molar-refractivity contribution >= 4 is 5.91 Å². The molecule has 2 atom stereocenters. The van der Waals surface area contributed by atoms with E-state index < -0.39 is 12.1 Å². The van der Waals surface area contributed by atoms with Crippen LogP contribution in [0.2, 0.25) is 0 Å². The number of nitrogens with one attached hydrogen (secondary N) is 2. The van der Waals surface area contributed by atoms with Crippen molar-refractivity contribution in [2.75, 3.05) is 0 Å². The summed E-state index contributed by atoms with van der Waals surface area (Å²) in [5, 5.41) is 23.7. The molecule has 0 radical (unpaired) electrons. The van der Waals surface area contributed by atoms with Gasteiger partial charge < -0.3 is 10.4 Å². The molecule has 0 unspecified atom stereocenters. The second-order valence-electron chi connectivity index (χ2n) is 5.91. The molecule has 6 heteroatoms. The van der Waals surface area contributed by atoms with Crippen LogP contribution in [0.4, 0.5) is 0 Å². The van der Waals surface area contributed by atoms with Crippen LogP contribution in [0.1, 0.15) is 23.0 Å². The minimum absolute atomic E-state index is 0.213. The Morgan fingerprint density at radius 2 is 1.72 bits per heavy atom. The lowest BCUT2D eigenvalue weighted by Gasteiger charge is -2.20. The third-order valence-corrected chi connectivity index (χ3v) is 4.03. The van der Waals surface area contributed by atoms with Crippen LogP contribution in [-0.2, 0) is 6.42 Å². The maximum absolute atomic E-state index is 12.5.